The molecule has 0 radical (unpaired) electrons. The maximum atomic E-state index is 12.9. The number of carbonyl (C=O) groups excluding carboxylic acids is 2. The SMILES string of the molecule is CCOC(=O)C1=C(CSc2ccc(Cl)cc2)NC(=O)N[C@H]1c1cc(C)ccc1C. The van der Waals surface area contributed by atoms with Gasteiger partial charge in [0.1, 0.15) is 0 Å². The Labute approximate surface area is 179 Å². The zero-order valence-corrected chi connectivity index (χ0v) is 18.1. The standard InChI is InChI=1S/C22H23ClN2O3S/c1-4-28-21(26)19-18(12-29-16-9-7-15(23)8-10-16)24-22(27)25-20(19)17-11-13(2)5-6-14(17)3/h5-11,20H,4,12H2,1-3H3,(H2,24,25,27)/t20-/m0/s1. The van der Waals surface area contributed by atoms with E-state index in [0.29, 0.717) is 22.0 Å². The highest BCUT2D eigenvalue weighted by atomic mass is 35.5. The van der Waals surface area contributed by atoms with E-state index in [-0.39, 0.29) is 12.6 Å². The Hall–Kier alpha value is -2.44. The van der Waals surface area contributed by atoms with Crippen LogP contribution >= 0.6 is 23.4 Å². The van der Waals surface area contributed by atoms with Crippen LogP contribution in [0.5, 0.6) is 0 Å². The van der Waals surface area contributed by atoms with E-state index in [1.165, 1.54) is 11.8 Å². The highest BCUT2D eigenvalue weighted by Crippen LogP contribution is 2.32. The first-order valence-electron chi connectivity index (χ1n) is 9.32. The Morgan fingerprint density at radius 2 is 1.90 bits per heavy atom. The van der Waals surface area contributed by atoms with Crippen molar-refractivity contribution in [3.8, 4) is 0 Å². The number of hydrogen-bond donors (Lipinski definition) is 2. The topological polar surface area (TPSA) is 67.4 Å². The van der Waals surface area contributed by atoms with E-state index in [0.717, 1.165) is 21.6 Å². The molecule has 152 valence electrons. The van der Waals surface area contributed by atoms with Gasteiger partial charge in [-0.25, -0.2) is 9.59 Å². The smallest absolute Gasteiger partial charge is 0.338 e. The third-order valence-corrected chi connectivity index (χ3v) is 5.88. The number of carbonyl (C=O) groups is 2. The van der Waals surface area contributed by atoms with Crippen LogP contribution in [0.2, 0.25) is 5.02 Å². The summed E-state index contributed by atoms with van der Waals surface area (Å²) in [6.45, 7) is 5.97. The average Bonchev–Trinajstić information content (AvgIpc) is 2.69. The molecule has 0 saturated heterocycles. The van der Waals surface area contributed by atoms with Gasteiger partial charge >= 0.3 is 12.0 Å². The number of benzene rings is 2. The van der Waals surface area contributed by atoms with Gasteiger partial charge in [-0.2, -0.15) is 0 Å². The molecule has 0 fully saturated rings. The highest BCUT2D eigenvalue weighted by molar-refractivity contribution is 7.99. The van der Waals surface area contributed by atoms with E-state index in [1.807, 2.05) is 56.3 Å². The number of thioether (sulfide) groups is 1. The second-order valence-electron chi connectivity index (χ2n) is 6.75. The molecule has 2 aromatic rings. The second kappa shape index (κ2) is 9.37. The van der Waals surface area contributed by atoms with Crippen LogP contribution in [-0.2, 0) is 9.53 Å². The fourth-order valence-corrected chi connectivity index (χ4v) is 4.17. The van der Waals surface area contributed by atoms with Crippen molar-refractivity contribution in [2.24, 2.45) is 0 Å². The molecule has 1 aliphatic heterocycles. The number of nitrogens with one attached hydrogen (secondary N) is 2. The molecule has 1 heterocycles. The van der Waals surface area contributed by atoms with Gasteiger partial charge in [-0.05, 0) is 56.2 Å². The van der Waals surface area contributed by atoms with Gasteiger partial charge in [-0.15, -0.1) is 11.8 Å². The fraction of sp³-hybridized carbons (Fsp3) is 0.273. The quantitative estimate of drug-likeness (QED) is 0.504. The minimum absolute atomic E-state index is 0.257. The van der Waals surface area contributed by atoms with Gasteiger partial charge in [0.25, 0.3) is 0 Å². The summed E-state index contributed by atoms with van der Waals surface area (Å²) in [5.74, 6) is -0.0116. The summed E-state index contributed by atoms with van der Waals surface area (Å²) >= 11 is 7.46. The molecule has 2 aromatic carbocycles. The first kappa shape index (κ1) is 21.3. The van der Waals surface area contributed by atoms with Crippen molar-refractivity contribution < 1.29 is 14.3 Å². The number of urea groups is 1. The first-order valence-corrected chi connectivity index (χ1v) is 10.7. The molecule has 0 bridgehead atoms. The average molecular weight is 431 g/mol. The monoisotopic (exact) mass is 430 g/mol. The van der Waals surface area contributed by atoms with Crippen molar-refractivity contribution in [3.05, 3.63) is 75.4 Å². The fourth-order valence-electron chi connectivity index (χ4n) is 3.17. The normalized spacial score (nSPS) is 16.3. The van der Waals surface area contributed by atoms with E-state index in [1.54, 1.807) is 6.92 Å². The third-order valence-electron chi connectivity index (χ3n) is 4.59. The van der Waals surface area contributed by atoms with Crippen LogP contribution in [0.1, 0.15) is 29.7 Å². The Morgan fingerprint density at radius 3 is 2.59 bits per heavy atom. The molecule has 2 amide bonds. The molecule has 29 heavy (non-hydrogen) atoms. The lowest BCUT2D eigenvalue weighted by Crippen LogP contribution is -2.46. The molecule has 2 N–H and O–H groups in total. The summed E-state index contributed by atoms with van der Waals surface area (Å²) in [7, 11) is 0. The lowest BCUT2D eigenvalue weighted by molar-refractivity contribution is -0.139. The molecule has 1 aliphatic rings. The molecule has 0 spiro atoms. The summed E-state index contributed by atoms with van der Waals surface area (Å²) in [5, 5.41) is 6.35. The Kier molecular flexibility index (Phi) is 6.87. The third kappa shape index (κ3) is 5.14. The van der Waals surface area contributed by atoms with Crippen LogP contribution < -0.4 is 10.6 Å². The number of halogens is 1. The molecule has 0 saturated carbocycles. The van der Waals surface area contributed by atoms with Crippen molar-refractivity contribution in [1.82, 2.24) is 10.6 Å². The van der Waals surface area contributed by atoms with Crippen molar-refractivity contribution in [2.45, 2.75) is 31.7 Å². The predicted octanol–water partition coefficient (Wildman–Crippen LogP) is 4.92. The van der Waals surface area contributed by atoms with Gasteiger partial charge in [0.15, 0.2) is 0 Å². The van der Waals surface area contributed by atoms with Crippen LogP contribution in [-0.4, -0.2) is 24.4 Å². The van der Waals surface area contributed by atoms with Gasteiger partial charge in [-0.3, -0.25) is 0 Å². The van der Waals surface area contributed by atoms with E-state index in [4.69, 9.17) is 16.3 Å². The number of aryl methyl sites for hydroxylation is 2. The van der Waals surface area contributed by atoms with Gasteiger partial charge in [0.05, 0.1) is 18.2 Å². The number of ether oxygens (including phenoxy) is 1. The Bertz CT molecular complexity index is 957. The van der Waals surface area contributed by atoms with Crippen molar-refractivity contribution in [1.29, 1.82) is 0 Å². The lowest BCUT2D eigenvalue weighted by atomic mass is 9.91. The lowest BCUT2D eigenvalue weighted by Gasteiger charge is -2.30. The predicted molar refractivity (Wildman–Crippen MR) is 116 cm³/mol. The molecule has 7 heteroatoms. The van der Waals surface area contributed by atoms with E-state index in [9.17, 15) is 9.59 Å². The van der Waals surface area contributed by atoms with Gasteiger partial charge < -0.3 is 15.4 Å². The van der Waals surface area contributed by atoms with Crippen LogP contribution in [0, 0.1) is 13.8 Å². The van der Waals surface area contributed by atoms with E-state index < -0.39 is 12.0 Å². The molecule has 5 nitrogen and oxygen atoms in total. The zero-order chi connectivity index (χ0) is 21.0. The number of amides is 2. The highest BCUT2D eigenvalue weighted by Gasteiger charge is 2.34. The largest absolute Gasteiger partial charge is 0.463 e. The summed E-state index contributed by atoms with van der Waals surface area (Å²) in [6, 6.07) is 12.5. The van der Waals surface area contributed by atoms with Gasteiger partial charge in [0, 0.05) is 21.4 Å². The second-order valence-corrected chi connectivity index (χ2v) is 8.23. The Morgan fingerprint density at radius 1 is 1.17 bits per heavy atom. The minimum Gasteiger partial charge on any atom is -0.463 e. The Balaban J connectivity index is 2.00. The first-order chi connectivity index (χ1) is 13.9. The number of rotatable bonds is 6. The maximum Gasteiger partial charge on any atom is 0.338 e. The number of esters is 1. The van der Waals surface area contributed by atoms with Crippen LogP contribution in [0.15, 0.2) is 58.6 Å². The summed E-state index contributed by atoms with van der Waals surface area (Å²) < 4.78 is 5.32. The molecular weight excluding hydrogens is 408 g/mol. The van der Waals surface area contributed by atoms with Crippen molar-refractivity contribution >= 4 is 35.4 Å². The van der Waals surface area contributed by atoms with Crippen molar-refractivity contribution in [3.63, 3.8) is 0 Å². The van der Waals surface area contributed by atoms with Gasteiger partial charge in [-0.1, -0.05) is 35.4 Å². The summed E-state index contributed by atoms with van der Waals surface area (Å²) in [6.07, 6.45) is 0. The van der Waals surface area contributed by atoms with Crippen molar-refractivity contribution in [2.75, 3.05) is 12.4 Å². The molecule has 0 aromatic heterocycles. The molecule has 1 atom stereocenters. The van der Waals surface area contributed by atoms with E-state index >= 15 is 0 Å². The van der Waals surface area contributed by atoms with Crippen LogP contribution in [0.25, 0.3) is 0 Å². The molecule has 0 aliphatic carbocycles. The van der Waals surface area contributed by atoms with E-state index in [2.05, 4.69) is 10.6 Å². The van der Waals surface area contributed by atoms with Crippen LogP contribution in [0.3, 0.4) is 0 Å². The summed E-state index contributed by atoms with van der Waals surface area (Å²) in [4.78, 5) is 26.2. The summed E-state index contributed by atoms with van der Waals surface area (Å²) in [5.41, 5.74) is 3.92. The van der Waals surface area contributed by atoms with Gasteiger partial charge in [0.2, 0.25) is 0 Å². The van der Waals surface area contributed by atoms with Crippen LogP contribution in [0.4, 0.5) is 4.79 Å². The minimum atomic E-state index is -0.566. The molecule has 0 unspecified atom stereocenters. The molecular formula is C22H23ClN2O3S. The zero-order valence-electron chi connectivity index (χ0n) is 16.5. The maximum absolute atomic E-state index is 12.9. The molecule has 3 rings (SSSR count). The number of hydrogen-bond acceptors (Lipinski definition) is 4.